The summed E-state index contributed by atoms with van der Waals surface area (Å²) in [5, 5.41) is 0. The molecule has 0 saturated carbocycles. The predicted molar refractivity (Wildman–Crippen MR) is 67.6 cm³/mol. The van der Waals surface area contributed by atoms with Crippen molar-refractivity contribution in [3.8, 4) is 0 Å². The second-order valence-corrected chi connectivity index (χ2v) is 5.56. The Morgan fingerprint density at radius 2 is 1.38 bits per heavy atom. The molecule has 0 atom stereocenters. The van der Waals surface area contributed by atoms with E-state index in [0.717, 1.165) is 0 Å². The van der Waals surface area contributed by atoms with Gasteiger partial charge < -0.3 is 4.74 Å². The van der Waals surface area contributed by atoms with Crippen molar-refractivity contribution < 1.29 is 4.74 Å². The van der Waals surface area contributed by atoms with Crippen molar-refractivity contribution in [2.24, 2.45) is 0 Å². The molecule has 2 rings (SSSR count). The van der Waals surface area contributed by atoms with Crippen molar-refractivity contribution in [3.63, 3.8) is 0 Å². The van der Waals surface area contributed by atoms with Gasteiger partial charge in [-0.1, -0.05) is 52.0 Å². The Morgan fingerprint density at radius 1 is 0.938 bits per heavy atom. The summed E-state index contributed by atoms with van der Waals surface area (Å²) in [5.74, 6) is 0. The highest BCUT2D eigenvalue weighted by Gasteiger charge is 2.46. The van der Waals surface area contributed by atoms with Crippen LogP contribution in [0.3, 0.4) is 0 Å². The van der Waals surface area contributed by atoms with E-state index in [0.29, 0.717) is 0 Å². The van der Waals surface area contributed by atoms with Gasteiger partial charge in [-0.3, -0.25) is 0 Å². The van der Waals surface area contributed by atoms with Crippen LogP contribution in [0.5, 0.6) is 0 Å². The summed E-state index contributed by atoms with van der Waals surface area (Å²) in [6.07, 6.45) is 1.92. The van der Waals surface area contributed by atoms with Crippen LogP contribution in [0.2, 0.25) is 0 Å². The van der Waals surface area contributed by atoms with E-state index in [4.69, 9.17) is 4.74 Å². The second kappa shape index (κ2) is 3.38. The smallest absolute Gasteiger partial charge is 0.0834 e. The van der Waals surface area contributed by atoms with Gasteiger partial charge in [0, 0.05) is 10.8 Å². The summed E-state index contributed by atoms with van der Waals surface area (Å²) in [7, 11) is 1.72. The summed E-state index contributed by atoms with van der Waals surface area (Å²) < 4.78 is 5.27. The Balaban J connectivity index is 2.71. The molecule has 0 spiro atoms. The molecule has 0 amide bonds. The molecule has 0 saturated heterocycles. The van der Waals surface area contributed by atoms with Gasteiger partial charge in [0.15, 0.2) is 0 Å². The fraction of sp³-hybridized carbons (Fsp3) is 0.467. The van der Waals surface area contributed by atoms with E-state index >= 15 is 0 Å². The average molecular weight is 216 g/mol. The summed E-state index contributed by atoms with van der Waals surface area (Å²) in [4.78, 5) is 0. The molecule has 0 fully saturated rings. The van der Waals surface area contributed by atoms with Gasteiger partial charge in [-0.15, -0.1) is 0 Å². The third-order valence-corrected chi connectivity index (χ3v) is 3.86. The number of hydrogen-bond acceptors (Lipinski definition) is 1. The van der Waals surface area contributed by atoms with Crippen molar-refractivity contribution >= 4 is 0 Å². The predicted octanol–water partition coefficient (Wildman–Crippen LogP) is 3.79. The monoisotopic (exact) mass is 216 g/mol. The van der Waals surface area contributed by atoms with E-state index < -0.39 is 0 Å². The number of hydrogen-bond donors (Lipinski definition) is 0. The highest BCUT2D eigenvalue weighted by molar-refractivity contribution is 5.56. The molecule has 0 aromatic heterocycles. The zero-order valence-corrected chi connectivity index (χ0v) is 10.8. The first-order valence-corrected chi connectivity index (χ1v) is 5.76. The zero-order chi connectivity index (χ0) is 12.0. The van der Waals surface area contributed by atoms with Gasteiger partial charge >= 0.3 is 0 Å². The van der Waals surface area contributed by atoms with Crippen molar-refractivity contribution in [2.75, 3.05) is 7.11 Å². The zero-order valence-electron chi connectivity index (χ0n) is 10.8. The fourth-order valence-corrected chi connectivity index (χ4v) is 3.06. The molecule has 1 nitrogen and oxygen atoms in total. The van der Waals surface area contributed by atoms with E-state index in [1.54, 1.807) is 7.11 Å². The highest BCUT2D eigenvalue weighted by atomic mass is 16.5. The number of fused-ring (bicyclic) bond motifs is 1. The molecule has 0 heterocycles. The van der Waals surface area contributed by atoms with Gasteiger partial charge in [0.1, 0.15) is 0 Å². The van der Waals surface area contributed by atoms with Crippen LogP contribution < -0.4 is 0 Å². The molecule has 0 N–H and O–H groups in total. The van der Waals surface area contributed by atoms with E-state index in [-0.39, 0.29) is 10.8 Å². The van der Waals surface area contributed by atoms with Crippen molar-refractivity contribution in [2.45, 2.75) is 38.5 Å². The fourth-order valence-electron chi connectivity index (χ4n) is 3.06. The van der Waals surface area contributed by atoms with Crippen LogP contribution in [0.25, 0.3) is 0 Å². The minimum Gasteiger partial charge on any atom is -0.504 e. The van der Waals surface area contributed by atoms with Crippen LogP contribution in [-0.2, 0) is 15.6 Å². The molecule has 86 valence electrons. The van der Waals surface area contributed by atoms with Crippen molar-refractivity contribution in [1.29, 1.82) is 0 Å². The molecular formula is C15H20O. The molecule has 0 aliphatic heterocycles. The first kappa shape index (κ1) is 11.3. The van der Waals surface area contributed by atoms with Crippen LogP contribution in [0.15, 0.2) is 36.1 Å². The normalized spacial score (nSPS) is 20.4. The van der Waals surface area contributed by atoms with E-state index in [2.05, 4.69) is 52.0 Å². The number of methoxy groups -OCH3 is 1. The maximum absolute atomic E-state index is 5.27. The largest absolute Gasteiger partial charge is 0.504 e. The van der Waals surface area contributed by atoms with Crippen LogP contribution in [-0.4, -0.2) is 7.11 Å². The minimum atomic E-state index is 0.0656. The second-order valence-electron chi connectivity index (χ2n) is 5.56. The molecule has 0 bridgehead atoms. The highest BCUT2D eigenvalue weighted by Crippen LogP contribution is 2.53. The van der Waals surface area contributed by atoms with Crippen molar-refractivity contribution in [1.82, 2.24) is 0 Å². The Labute approximate surface area is 98.1 Å². The average Bonchev–Trinajstić information content (AvgIpc) is 2.38. The maximum Gasteiger partial charge on any atom is 0.0834 e. The first-order valence-electron chi connectivity index (χ1n) is 5.76. The molecular weight excluding hydrogens is 196 g/mol. The van der Waals surface area contributed by atoms with Crippen LogP contribution in [0.1, 0.15) is 38.8 Å². The number of allylic oxidation sites excluding steroid dienone is 1. The van der Waals surface area contributed by atoms with Gasteiger partial charge in [-0.25, -0.2) is 0 Å². The summed E-state index contributed by atoms with van der Waals surface area (Å²) in [6, 6.07) is 8.69. The van der Waals surface area contributed by atoms with Crippen LogP contribution in [0, 0.1) is 0 Å². The SMILES string of the molecule is COC=C1C(C)(C)c2ccccc2C1(C)C. The summed E-state index contributed by atoms with van der Waals surface area (Å²) in [6.45, 7) is 9.08. The molecule has 1 aliphatic rings. The van der Waals surface area contributed by atoms with Gasteiger partial charge in [-0.05, 0) is 16.7 Å². The number of ether oxygens (including phenoxy) is 1. The quantitative estimate of drug-likeness (QED) is 0.649. The van der Waals surface area contributed by atoms with Crippen molar-refractivity contribution in [3.05, 3.63) is 47.2 Å². The molecule has 0 unspecified atom stereocenters. The van der Waals surface area contributed by atoms with Gasteiger partial charge in [0.25, 0.3) is 0 Å². The molecule has 1 heteroatoms. The summed E-state index contributed by atoms with van der Waals surface area (Å²) >= 11 is 0. The van der Waals surface area contributed by atoms with E-state index in [9.17, 15) is 0 Å². The van der Waals surface area contributed by atoms with Crippen LogP contribution in [0.4, 0.5) is 0 Å². The third-order valence-electron chi connectivity index (χ3n) is 3.86. The molecule has 1 aliphatic carbocycles. The van der Waals surface area contributed by atoms with E-state index in [1.165, 1.54) is 16.7 Å². The molecule has 16 heavy (non-hydrogen) atoms. The Bertz CT molecular complexity index is 402. The molecule has 1 aromatic carbocycles. The topological polar surface area (TPSA) is 9.23 Å². The lowest BCUT2D eigenvalue weighted by atomic mass is 9.76. The third kappa shape index (κ3) is 1.31. The lowest BCUT2D eigenvalue weighted by molar-refractivity contribution is 0.320. The first-order chi connectivity index (χ1) is 7.42. The lowest BCUT2D eigenvalue weighted by Crippen LogP contribution is -2.23. The standard InChI is InChI=1S/C15H20O/c1-14(2)11-8-6-7-9-12(11)15(3,4)13(14)10-16-5/h6-10H,1-5H3. The van der Waals surface area contributed by atoms with E-state index in [1.807, 2.05) is 6.26 Å². The number of rotatable bonds is 1. The Morgan fingerprint density at radius 3 is 1.75 bits per heavy atom. The maximum atomic E-state index is 5.27. The van der Waals surface area contributed by atoms with Crippen LogP contribution >= 0.6 is 0 Å². The summed E-state index contributed by atoms with van der Waals surface area (Å²) in [5.41, 5.74) is 4.32. The minimum absolute atomic E-state index is 0.0656. The lowest BCUT2D eigenvalue weighted by Gasteiger charge is -2.27. The van der Waals surface area contributed by atoms with Gasteiger partial charge in [0.2, 0.25) is 0 Å². The molecule has 1 aromatic rings. The number of benzene rings is 1. The molecule has 0 radical (unpaired) electrons. The van der Waals surface area contributed by atoms with Gasteiger partial charge in [-0.2, -0.15) is 0 Å². The van der Waals surface area contributed by atoms with Gasteiger partial charge in [0.05, 0.1) is 13.4 Å². The Hall–Kier alpha value is -1.24. The Kier molecular flexibility index (Phi) is 2.37.